The number of hydrogen-bond acceptors (Lipinski definition) is 7. The van der Waals surface area contributed by atoms with Gasteiger partial charge in [0.05, 0.1) is 12.0 Å². The van der Waals surface area contributed by atoms with Crippen molar-refractivity contribution >= 4 is 29.0 Å². The van der Waals surface area contributed by atoms with E-state index in [0.717, 1.165) is 10.5 Å². The Labute approximate surface area is 206 Å². The third-order valence-corrected chi connectivity index (χ3v) is 5.92. The third-order valence-electron chi connectivity index (χ3n) is 4.94. The lowest BCUT2D eigenvalue weighted by Gasteiger charge is -2.09. The molecule has 0 radical (unpaired) electrons. The maximum Gasteiger partial charge on any atom is 0.291 e. The number of amides is 1. The van der Waals surface area contributed by atoms with Crippen LogP contribution in [-0.4, -0.2) is 17.9 Å². The minimum Gasteiger partial charge on any atom is -0.493 e. The first kappa shape index (κ1) is 23.9. The van der Waals surface area contributed by atoms with Crippen LogP contribution in [0.25, 0.3) is 0 Å². The molecule has 0 aliphatic heterocycles. The van der Waals surface area contributed by atoms with Crippen molar-refractivity contribution in [3.8, 4) is 11.5 Å². The fraction of sp³-hybridized carbons (Fsp3) is 0.115. The maximum atomic E-state index is 12.7. The van der Waals surface area contributed by atoms with Crippen molar-refractivity contribution in [2.24, 2.45) is 0 Å². The average molecular weight is 491 g/mol. The van der Waals surface area contributed by atoms with Gasteiger partial charge in [-0.15, -0.1) is 0 Å². The summed E-state index contributed by atoms with van der Waals surface area (Å²) < 4.78 is 16.6. The van der Waals surface area contributed by atoms with Crippen molar-refractivity contribution in [3.63, 3.8) is 0 Å². The van der Waals surface area contributed by atoms with Crippen molar-refractivity contribution in [3.05, 3.63) is 106 Å². The molecule has 0 aliphatic carbocycles. The normalized spacial score (nSPS) is 10.6. The second-order valence-electron chi connectivity index (χ2n) is 7.55. The molecule has 0 aliphatic rings. The number of hydrogen-bond donors (Lipinski definition) is 1. The predicted octanol–water partition coefficient (Wildman–Crippen LogP) is 6.49. The molecule has 1 N–H and O–H groups in total. The van der Waals surface area contributed by atoms with Crippen molar-refractivity contribution in [2.45, 2.75) is 23.3 Å². The van der Waals surface area contributed by atoms with E-state index in [1.807, 2.05) is 43.3 Å². The summed E-state index contributed by atoms with van der Waals surface area (Å²) in [6.45, 7) is 2.09. The highest BCUT2D eigenvalue weighted by molar-refractivity contribution is 7.99. The molecule has 8 nitrogen and oxygen atoms in total. The number of benzene rings is 3. The summed E-state index contributed by atoms with van der Waals surface area (Å²) in [6, 6.07) is 22.6. The summed E-state index contributed by atoms with van der Waals surface area (Å²) in [4.78, 5) is 25.3. The van der Waals surface area contributed by atoms with Crippen LogP contribution in [0.4, 0.5) is 11.4 Å². The number of nitro benzene ring substituents is 1. The SMILES string of the molecule is COc1ccccc1OCc1ccc(C(=O)Nc2cc(Sc3ccc(C)cc3)cc([N+](=O)[O-])c2)o1. The standard InChI is InChI=1S/C26H22N2O6S/c1-17-7-10-21(11-8-17)35-22-14-18(13-19(15-22)28(30)31)27-26(29)25-12-9-20(34-25)16-33-24-6-4-3-5-23(24)32-2/h3-15H,16H2,1-2H3,(H,27,29). The number of furan rings is 1. The first-order chi connectivity index (χ1) is 16.9. The number of rotatable bonds is 9. The van der Waals surface area contributed by atoms with Crippen LogP contribution in [-0.2, 0) is 6.61 Å². The van der Waals surface area contributed by atoms with Gasteiger partial charge in [0.15, 0.2) is 17.3 Å². The van der Waals surface area contributed by atoms with E-state index in [1.165, 1.54) is 30.0 Å². The topological polar surface area (TPSA) is 104 Å². The molecular weight excluding hydrogens is 468 g/mol. The van der Waals surface area contributed by atoms with Crippen LogP contribution in [0.15, 0.2) is 93.1 Å². The summed E-state index contributed by atoms with van der Waals surface area (Å²) in [5.74, 6) is 1.11. The van der Waals surface area contributed by atoms with Crippen molar-refractivity contribution in [2.75, 3.05) is 12.4 Å². The van der Waals surface area contributed by atoms with Crippen LogP contribution in [0, 0.1) is 17.0 Å². The zero-order chi connectivity index (χ0) is 24.8. The third kappa shape index (κ3) is 6.21. The summed E-state index contributed by atoms with van der Waals surface area (Å²) in [5, 5.41) is 14.1. The molecule has 0 unspecified atom stereocenters. The van der Waals surface area contributed by atoms with E-state index in [-0.39, 0.29) is 18.1 Å². The van der Waals surface area contributed by atoms with Crippen LogP contribution >= 0.6 is 11.8 Å². The van der Waals surface area contributed by atoms with Crippen LogP contribution < -0.4 is 14.8 Å². The number of carbonyl (C=O) groups is 1. The summed E-state index contributed by atoms with van der Waals surface area (Å²) in [7, 11) is 1.55. The Hall–Kier alpha value is -4.24. The number of nitrogens with zero attached hydrogens (tertiary/aromatic N) is 1. The Morgan fingerprint density at radius 1 is 1.00 bits per heavy atom. The molecule has 35 heavy (non-hydrogen) atoms. The number of anilines is 1. The molecule has 4 rings (SSSR count). The van der Waals surface area contributed by atoms with E-state index in [9.17, 15) is 14.9 Å². The van der Waals surface area contributed by atoms with E-state index >= 15 is 0 Å². The number of ether oxygens (including phenoxy) is 2. The summed E-state index contributed by atoms with van der Waals surface area (Å²) >= 11 is 1.37. The lowest BCUT2D eigenvalue weighted by molar-refractivity contribution is -0.385. The number of nitrogens with one attached hydrogen (secondary N) is 1. The minimum atomic E-state index is -0.527. The van der Waals surface area contributed by atoms with Crippen LogP contribution in [0.3, 0.4) is 0 Å². The van der Waals surface area contributed by atoms with Crippen molar-refractivity contribution < 1.29 is 23.6 Å². The lowest BCUT2D eigenvalue weighted by atomic mass is 10.2. The first-order valence-electron chi connectivity index (χ1n) is 10.6. The average Bonchev–Trinajstić information content (AvgIpc) is 3.33. The molecule has 1 heterocycles. The Morgan fingerprint density at radius 2 is 1.74 bits per heavy atom. The highest BCUT2D eigenvalue weighted by Crippen LogP contribution is 2.33. The smallest absolute Gasteiger partial charge is 0.291 e. The van der Waals surface area contributed by atoms with Crippen molar-refractivity contribution in [1.82, 2.24) is 0 Å². The Balaban J connectivity index is 1.46. The number of para-hydroxylation sites is 2. The number of aryl methyl sites for hydroxylation is 1. The molecule has 0 bridgehead atoms. The van der Waals surface area contributed by atoms with E-state index in [4.69, 9.17) is 13.9 Å². The molecule has 9 heteroatoms. The van der Waals surface area contributed by atoms with Gasteiger partial charge in [-0.3, -0.25) is 14.9 Å². The largest absolute Gasteiger partial charge is 0.493 e. The Bertz CT molecular complexity index is 1350. The summed E-state index contributed by atoms with van der Waals surface area (Å²) in [5.41, 5.74) is 1.29. The number of methoxy groups -OCH3 is 1. The molecule has 0 fully saturated rings. The zero-order valence-corrected chi connectivity index (χ0v) is 19.8. The van der Waals surface area contributed by atoms with E-state index in [2.05, 4.69) is 5.32 Å². The van der Waals surface area contributed by atoms with E-state index in [1.54, 1.807) is 31.4 Å². The van der Waals surface area contributed by atoms with Crippen LogP contribution in [0.1, 0.15) is 21.9 Å². The zero-order valence-electron chi connectivity index (χ0n) is 19.0. The van der Waals surface area contributed by atoms with E-state index in [0.29, 0.717) is 27.8 Å². The molecule has 0 saturated heterocycles. The molecule has 3 aromatic carbocycles. The van der Waals surface area contributed by atoms with Gasteiger partial charge in [0, 0.05) is 27.6 Å². The van der Waals surface area contributed by atoms with Crippen LogP contribution in [0.5, 0.6) is 11.5 Å². The molecule has 0 saturated carbocycles. The lowest BCUT2D eigenvalue weighted by Crippen LogP contribution is -2.11. The fourth-order valence-electron chi connectivity index (χ4n) is 3.22. The minimum absolute atomic E-state index is 0.0582. The fourth-order valence-corrected chi connectivity index (χ4v) is 4.13. The van der Waals surface area contributed by atoms with Crippen LogP contribution in [0.2, 0.25) is 0 Å². The molecule has 1 amide bonds. The Morgan fingerprint density at radius 3 is 2.46 bits per heavy atom. The van der Waals surface area contributed by atoms with Gasteiger partial charge >= 0.3 is 0 Å². The van der Waals surface area contributed by atoms with Gasteiger partial charge in [0.25, 0.3) is 11.6 Å². The van der Waals surface area contributed by atoms with Gasteiger partial charge in [-0.2, -0.15) is 0 Å². The summed E-state index contributed by atoms with van der Waals surface area (Å²) in [6.07, 6.45) is 0. The second-order valence-corrected chi connectivity index (χ2v) is 8.69. The maximum absolute atomic E-state index is 12.7. The highest BCUT2D eigenvalue weighted by Gasteiger charge is 2.16. The van der Waals surface area contributed by atoms with Gasteiger partial charge in [-0.05, 0) is 49.4 Å². The Kier molecular flexibility index (Phi) is 7.37. The molecular formula is C26H22N2O6S. The molecule has 178 valence electrons. The van der Waals surface area contributed by atoms with Gasteiger partial charge in [-0.25, -0.2) is 0 Å². The second kappa shape index (κ2) is 10.8. The first-order valence-corrected chi connectivity index (χ1v) is 11.4. The van der Waals surface area contributed by atoms with Crippen molar-refractivity contribution in [1.29, 1.82) is 0 Å². The molecule has 1 aromatic heterocycles. The number of nitro groups is 1. The molecule has 0 spiro atoms. The highest BCUT2D eigenvalue weighted by atomic mass is 32.2. The van der Waals surface area contributed by atoms with Gasteiger partial charge < -0.3 is 19.2 Å². The predicted molar refractivity (Wildman–Crippen MR) is 132 cm³/mol. The van der Waals surface area contributed by atoms with Gasteiger partial charge in [0.1, 0.15) is 12.4 Å². The van der Waals surface area contributed by atoms with E-state index < -0.39 is 10.8 Å². The van der Waals surface area contributed by atoms with Gasteiger partial charge in [0.2, 0.25) is 0 Å². The quantitative estimate of drug-likeness (QED) is 0.211. The van der Waals surface area contributed by atoms with Gasteiger partial charge in [-0.1, -0.05) is 41.6 Å². The number of non-ortho nitro benzene ring substituents is 1. The molecule has 0 atom stereocenters. The monoisotopic (exact) mass is 490 g/mol. The number of carbonyl (C=O) groups excluding carboxylic acids is 1. The molecule has 4 aromatic rings.